The highest BCUT2D eigenvalue weighted by atomic mass is 32.1. The van der Waals surface area contributed by atoms with Crippen LogP contribution in [-0.2, 0) is 0 Å². The Labute approximate surface area is 91.7 Å². The molecule has 0 saturated heterocycles. The number of rotatable bonds is 4. The van der Waals surface area contributed by atoms with Crippen molar-refractivity contribution in [2.24, 2.45) is 0 Å². The van der Waals surface area contributed by atoms with E-state index in [1.165, 1.54) is 21.9 Å². The summed E-state index contributed by atoms with van der Waals surface area (Å²) in [5.41, 5.74) is 0. The number of hydrogen-bond acceptors (Lipinski definition) is 5. The van der Waals surface area contributed by atoms with E-state index in [0.29, 0.717) is 4.96 Å². The minimum atomic E-state index is -2.58. The number of anilines is 1. The summed E-state index contributed by atoms with van der Waals surface area (Å²) >= 11 is 1.19. The summed E-state index contributed by atoms with van der Waals surface area (Å²) in [5.74, 6) is -0.450. The van der Waals surface area contributed by atoms with Gasteiger partial charge in [-0.15, -0.1) is 0 Å². The average molecular weight is 248 g/mol. The SMILES string of the molecule is O=[N+]([O-])c1c(NCC(F)F)nc2sccn12. The molecule has 0 aliphatic heterocycles. The third kappa shape index (κ3) is 1.81. The first-order valence-electron chi connectivity index (χ1n) is 4.21. The van der Waals surface area contributed by atoms with Gasteiger partial charge in [-0.2, -0.15) is 9.38 Å². The first-order valence-corrected chi connectivity index (χ1v) is 5.09. The fourth-order valence-corrected chi connectivity index (χ4v) is 1.95. The molecule has 16 heavy (non-hydrogen) atoms. The fraction of sp³-hybridized carbons (Fsp3) is 0.286. The molecule has 0 bridgehead atoms. The summed E-state index contributed by atoms with van der Waals surface area (Å²) in [6.07, 6.45) is -1.11. The summed E-state index contributed by atoms with van der Waals surface area (Å²) < 4.78 is 25.2. The molecule has 0 aliphatic rings. The molecule has 9 heteroatoms. The van der Waals surface area contributed by atoms with Crippen LogP contribution in [0.15, 0.2) is 11.6 Å². The Bertz CT molecular complexity index is 523. The highest BCUT2D eigenvalue weighted by Gasteiger charge is 2.23. The Morgan fingerprint density at radius 1 is 1.69 bits per heavy atom. The molecule has 0 aliphatic carbocycles. The van der Waals surface area contributed by atoms with E-state index in [1.807, 2.05) is 0 Å². The van der Waals surface area contributed by atoms with Gasteiger partial charge in [-0.05, 0) is 4.92 Å². The number of alkyl halides is 2. The van der Waals surface area contributed by atoms with Crippen molar-refractivity contribution in [1.29, 1.82) is 0 Å². The maximum atomic E-state index is 12.0. The molecule has 0 radical (unpaired) electrons. The first kappa shape index (κ1) is 10.7. The molecule has 6 nitrogen and oxygen atoms in total. The minimum absolute atomic E-state index is 0.128. The lowest BCUT2D eigenvalue weighted by Gasteiger charge is -2.01. The van der Waals surface area contributed by atoms with Gasteiger partial charge in [0.2, 0.25) is 5.82 Å². The topological polar surface area (TPSA) is 72.5 Å². The molecule has 1 N–H and O–H groups in total. The van der Waals surface area contributed by atoms with Crippen LogP contribution in [-0.4, -0.2) is 27.3 Å². The van der Waals surface area contributed by atoms with Gasteiger partial charge in [0.05, 0.1) is 6.54 Å². The molecular weight excluding hydrogens is 242 g/mol. The van der Waals surface area contributed by atoms with E-state index in [4.69, 9.17) is 0 Å². The van der Waals surface area contributed by atoms with Crippen LogP contribution < -0.4 is 5.32 Å². The van der Waals surface area contributed by atoms with Crippen LogP contribution in [0.2, 0.25) is 0 Å². The number of halogens is 2. The standard InChI is InChI=1S/C7H6F2N4O2S/c8-4(9)3-10-5-6(13(14)15)12-1-2-16-7(12)11-5/h1-2,4,10H,3H2. The van der Waals surface area contributed by atoms with E-state index in [0.717, 1.165) is 0 Å². The van der Waals surface area contributed by atoms with Crippen LogP contribution in [0, 0.1) is 10.1 Å². The molecule has 2 heterocycles. The normalized spacial score (nSPS) is 11.2. The zero-order valence-electron chi connectivity index (χ0n) is 7.76. The van der Waals surface area contributed by atoms with Crippen molar-refractivity contribution in [3.05, 3.63) is 21.7 Å². The van der Waals surface area contributed by atoms with Gasteiger partial charge in [0.1, 0.15) is 6.20 Å². The second-order valence-corrected chi connectivity index (χ2v) is 3.74. The Hall–Kier alpha value is -1.77. The summed E-state index contributed by atoms with van der Waals surface area (Å²) in [4.78, 5) is 14.4. The fourth-order valence-electron chi connectivity index (χ4n) is 1.24. The molecule has 0 aromatic carbocycles. The molecule has 2 rings (SSSR count). The predicted molar refractivity (Wildman–Crippen MR) is 54.2 cm³/mol. The van der Waals surface area contributed by atoms with Crippen LogP contribution in [0.3, 0.4) is 0 Å². The van der Waals surface area contributed by atoms with Crippen LogP contribution in [0.25, 0.3) is 4.96 Å². The van der Waals surface area contributed by atoms with Crippen molar-refractivity contribution in [2.45, 2.75) is 6.43 Å². The van der Waals surface area contributed by atoms with Crippen molar-refractivity contribution < 1.29 is 13.7 Å². The van der Waals surface area contributed by atoms with E-state index in [-0.39, 0.29) is 11.6 Å². The Morgan fingerprint density at radius 2 is 2.44 bits per heavy atom. The van der Waals surface area contributed by atoms with E-state index in [2.05, 4.69) is 10.3 Å². The zero-order valence-corrected chi connectivity index (χ0v) is 8.58. The Morgan fingerprint density at radius 3 is 3.06 bits per heavy atom. The monoisotopic (exact) mass is 248 g/mol. The number of imidazole rings is 1. The van der Waals surface area contributed by atoms with Gasteiger partial charge in [0, 0.05) is 5.38 Å². The molecule has 0 fully saturated rings. The van der Waals surface area contributed by atoms with Crippen LogP contribution >= 0.6 is 11.3 Å². The number of aromatic nitrogens is 2. The van der Waals surface area contributed by atoms with E-state index >= 15 is 0 Å². The van der Waals surface area contributed by atoms with Gasteiger partial charge in [-0.25, -0.2) is 8.78 Å². The first-order chi connectivity index (χ1) is 7.59. The highest BCUT2D eigenvalue weighted by molar-refractivity contribution is 7.15. The molecule has 0 unspecified atom stereocenters. The third-order valence-electron chi connectivity index (χ3n) is 1.83. The molecule has 2 aromatic heterocycles. The van der Waals surface area contributed by atoms with Crippen molar-refractivity contribution in [3.63, 3.8) is 0 Å². The maximum absolute atomic E-state index is 12.0. The maximum Gasteiger partial charge on any atom is 0.372 e. The van der Waals surface area contributed by atoms with E-state index < -0.39 is 17.9 Å². The summed E-state index contributed by atoms with van der Waals surface area (Å²) in [6.45, 7) is -0.661. The second-order valence-electron chi connectivity index (χ2n) is 2.87. The average Bonchev–Trinajstić information content (AvgIpc) is 2.71. The number of nitrogens with one attached hydrogen (secondary N) is 1. The van der Waals surface area contributed by atoms with Crippen LogP contribution in [0.4, 0.5) is 20.4 Å². The van der Waals surface area contributed by atoms with Crippen LogP contribution in [0.1, 0.15) is 0 Å². The molecular formula is C7H6F2N4O2S. The van der Waals surface area contributed by atoms with Gasteiger partial charge in [-0.3, -0.25) is 0 Å². The molecule has 0 atom stereocenters. The van der Waals surface area contributed by atoms with E-state index in [1.54, 1.807) is 5.38 Å². The van der Waals surface area contributed by atoms with Crippen molar-refractivity contribution >= 4 is 27.9 Å². The summed E-state index contributed by atoms with van der Waals surface area (Å²) in [6, 6.07) is 0. The quantitative estimate of drug-likeness (QED) is 0.663. The van der Waals surface area contributed by atoms with Gasteiger partial charge in [-0.1, -0.05) is 11.3 Å². The van der Waals surface area contributed by atoms with Gasteiger partial charge < -0.3 is 15.4 Å². The minimum Gasteiger partial charge on any atom is -0.358 e. The molecule has 0 saturated carbocycles. The van der Waals surface area contributed by atoms with Crippen molar-refractivity contribution in [2.75, 3.05) is 11.9 Å². The summed E-state index contributed by atoms with van der Waals surface area (Å²) in [5, 5.41) is 14.6. The van der Waals surface area contributed by atoms with Crippen molar-refractivity contribution in [3.8, 4) is 0 Å². The van der Waals surface area contributed by atoms with Gasteiger partial charge >= 0.3 is 5.82 Å². The number of nitro groups is 1. The lowest BCUT2D eigenvalue weighted by Crippen LogP contribution is -2.11. The molecule has 86 valence electrons. The van der Waals surface area contributed by atoms with Gasteiger partial charge in [0.25, 0.3) is 11.4 Å². The predicted octanol–water partition coefficient (Wildman–Crippen LogP) is 1.98. The summed E-state index contributed by atoms with van der Waals surface area (Å²) in [7, 11) is 0. The van der Waals surface area contributed by atoms with Gasteiger partial charge in [0.15, 0.2) is 0 Å². The second kappa shape index (κ2) is 4.00. The third-order valence-corrected chi connectivity index (χ3v) is 2.59. The number of hydrogen-bond donors (Lipinski definition) is 1. The number of thiazole rings is 1. The largest absolute Gasteiger partial charge is 0.372 e. The zero-order chi connectivity index (χ0) is 11.7. The lowest BCUT2D eigenvalue weighted by atomic mass is 10.6. The van der Waals surface area contributed by atoms with E-state index in [9.17, 15) is 18.9 Å². The van der Waals surface area contributed by atoms with Crippen LogP contribution in [0.5, 0.6) is 0 Å². The smallest absolute Gasteiger partial charge is 0.358 e. The Kier molecular flexibility index (Phi) is 2.69. The lowest BCUT2D eigenvalue weighted by molar-refractivity contribution is -0.389. The van der Waals surface area contributed by atoms with Crippen molar-refractivity contribution in [1.82, 2.24) is 9.38 Å². The molecule has 0 spiro atoms. The Balaban J connectivity index is 2.39. The number of nitrogens with zero attached hydrogens (tertiary/aromatic N) is 3. The molecule has 0 amide bonds. The number of fused-ring (bicyclic) bond motifs is 1. The molecule has 2 aromatic rings. The highest BCUT2D eigenvalue weighted by Crippen LogP contribution is 2.27.